The number of aliphatic hydroxyl groups excluding tert-OH is 1. The lowest BCUT2D eigenvalue weighted by atomic mass is 9.75. The van der Waals surface area contributed by atoms with Gasteiger partial charge in [-0.25, -0.2) is 0 Å². The molecule has 2 heterocycles. The second-order valence-corrected chi connectivity index (χ2v) is 7.38. The molecule has 1 aliphatic rings. The van der Waals surface area contributed by atoms with E-state index in [1.807, 2.05) is 12.1 Å². The lowest BCUT2D eigenvalue weighted by Gasteiger charge is -2.42. The molecule has 0 saturated carbocycles. The smallest absolute Gasteiger partial charge is 0.129 e. The van der Waals surface area contributed by atoms with Crippen molar-refractivity contribution in [2.75, 3.05) is 26.8 Å². The van der Waals surface area contributed by atoms with Crippen LogP contribution >= 0.6 is 0 Å². The predicted octanol–water partition coefficient (Wildman–Crippen LogP) is 3.55. The predicted molar refractivity (Wildman–Crippen MR) is 98.3 cm³/mol. The molecule has 0 amide bonds. The van der Waals surface area contributed by atoms with Gasteiger partial charge in [-0.2, -0.15) is 0 Å². The van der Waals surface area contributed by atoms with E-state index in [1.165, 1.54) is 11.1 Å². The SMILES string of the molecule is COCc1ccc(CN2CCC[C@](CO)(Cc3ccccc3C)C2)o1. The molecule has 0 bridgehead atoms. The quantitative estimate of drug-likeness (QED) is 0.835. The van der Waals surface area contributed by atoms with E-state index in [0.717, 1.165) is 50.4 Å². The maximum Gasteiger partial charge on any atom is 0.129 e. The highest BCUT2D eigenvalue weighted by Gasteiger charge is 2.35. The van der Waals surface area contributed by atoms with E-state index in [-0.39, 0.29) is 12.0 Å². The Labute approximate surface area is 150 Å². The van der Waals surface area contributed by atoms with Crippen LogP contribution in [-0.2, 0) is 24.3 Å². The van der Waals surface area contributed by atoms with Gasteiger partial charge in [-0.15, -0.1) is 0 Å². The van der Waals surface area contributed by atoms with Crippen molar-refractivity contribution in [3.8, 4) is 0 Å². The third kappa shape index (κ3) is 4.51. The molecule has 1 aliphatic heterocycles. The monoisotopic (exact) mass is 343 g/mol. The van der Waals surface area contributed by atoms with Crippen LogP contribution in [0.4, 0.5) is 0 Å². The summed E-state index contributed by atoms with van der Waals surface area (Å²) in [5.74, 6) is 1.83. The molecule has 1 fully saturated rings. The number of piperidine rings is 1. The number of hydrogen-bond acceptors (Lipinski definition) is 4. The molecule has 4 nitrogen and oxygen atoms in total. The number of furan rings is 1. The van der Waals surface area contributed by atoms with Crippen molar-refractivity contribution in [2.24, 2.45) is 5.41 Å². The van der Waals surface area contributed by atoms with Crippen molar-refractivity contribution in [3.05, 3.63) is 59.0 Å². The van der Waals surface area contributed by atoms with E-state index in [9.17, 15) is 5.11 Å². The summed E-state index contributed by atoms with van der Waals surface area (Å²) in [7, 11) is 1.67. The van der Waals surface area contributed by atoms with Gasteiger partial charge in [0.1, 0.15) is 18.1 Å². The fraction of sp³-hybridized carbons (Fsp3) is 0.524. The largest absolute Gasteiger partial charge is 0.462 e. The first-order chi connectivity index (χ1) is 12.1. The molecule has 1 saturated heterocycles. The summed E-state index contributed by atoms with van der Waals surface area (Å²) >= 11 is 0. The summed E-state index contributed by atoms with van der Waals surface area (Å²) in [5, 5.41) is 10.2. The number of ether oxygens (including phenoxy) is 1. The highest BCUT2D eigenvalue weighted by molar-refractivity contribution is 5.27. The minimum atomic E-state index is -0.0632. The van der Waals surface area contributed by atoms with E-state index in [2.05, 4.69) is 36.1 Å². The molecule has 136 valence electrons. The Morgan fingerprint density at radius 3 is 2.76 bits per heavy atom. The summed E-state index contributed by atoms with van der Waals surface area (Å²) in [4.78, 5) is 2.41. The molecule has 1 atom stereocenters. The molecule has 1 aromatic carbocycles. The van der Waals surface area contributed by atoms with Crippen molar-refractivity contribution in [1.29, 1.82) is 0 Å². The van der Waals surface area contributed by atoms with Crippen LogP contribution in [0.1, 0.15) is 35.5 Å². The Morgan fingerprint density at radius 1 is 1.20 bits per heavy atom. The number of rotatable bonds is 7. The van der Waals surface area contributed by atoms with Crippen LogP contribution in [-0.4, -0.2) is 36.8 Å². The molecule has 2 aromatic rings. The lowest BCUT2D eigenvalue weighted by Crippen LogP contribution is -2.46. The second-order valence-electron chi connectivity index (χ2n) is 7.38. The summed E-state index contributed by atoms with van der Waals surface area (Å²) in [6.07, 6.45) is 3.11. The first kappa shape index (κ1) is 18.2. The Kier molecular flexibility index (Phi) is 5.94. The third-order valence-electron chi connectivity index (χ3n) is 5.29. The highest BCUT2D eigenvalue weighted by atomic mass is 16.5. The molecule has 1 N–H and O–H groups in total. The van der Waals surface area contributed by atoms with Gasteiger partial charge in [-0.1, -0.05) is 24.3 Å². The Balaban J connectivity index is 1.68. The minimum Gasteiger partial charge on any atom is -0.462 e. The summed E-state index contributed by atoms with van der Waals surface area (Å²) in [6, 6.07) is 12.5. The summed E-state index contributed by atoms with van der Waals surface area (Å²) in [5.41, 5.74) is 2.59. The van der Waals surface area contributed by atoms with Gasteiger partial charge in [0.2, 0.25) is 0 Å². The minimum absolute atomic E-state index is 0.0632. The molecule has 1 aromatic heterocycles. The lowest BCUT2D eigenvalue weighted by molar-refractivity contribution is 0.0256. The number of nitrogens with zero attached hydrogens (tertiary/aromatic N) is 1. The van der Waals surface area contributed by atoms with E-state index in [1.54, 1.807) is 7.11 Å². The van der Waals surface area contributed by atoms with Gasteiger partial charge < -0.3 is 14.3 Å². The molecule has 0 radical (unpaired) electrons. The van der Waals surface area contributed by atoms with Crippen molar-refractivity contribution in [3.63, 3.8) is 0 Å². The van der Waals surface area contributed by atoms with Crippen LogP contribution in [0.25, 0.3) is 0 Å². The van der Waals surface area contributed by atoms with Crippen molar-refractivity contribution in [1.82, 2.24) is 4.90 Å². The Morgan fingerprint density at radius 2 is 2.00 bits per heavy atom. The van der Waals surface area contributed by atoms with E-state index in [0.29, 0.717) is 6.61 Å². The number of methoxy groups -OCH3 is 1. The van der Waals surface area contributed by atoms with Crippen molar-refractivity contribution in [2.45, 2.75) is 39.3 Å². The first-order valence-electron chi connectivity index (χ1n) is 9.08. The molecule has 25 heavy (non-hydrogen) atoms. The van der Waals surface area contributed by atoms with Crippen molar-refractivity contribution >= 4 is 0 Å². The number of aryl methyl sites for hydroxylation is 1. The zero-order chi connectivity index (χ0) is 17.7. The van der Waals surface area contributed by atoms with Gasteiger partial charge in [0.05, 0.1) is 13.2 Å². The molecule has 0 spiro atoms. The van der Waals surface area contributed by atoms with Crippen LogP contribution in [0.15, 0.2) is 40.8 Å². The summed E-state index contributed by atoms with van der Waals surface area (Å²) < 4.78 is 11.0. The number of aliphatic hydroxyl groups is 1. The zero-order valence-corrected chi connectivity index (χ0v) is 15.3. The normalized spacial score (nSPS) is 21.6. The van der Waals surface area contributed by atoms with E-state index >= 15 is 0 Å². The first-order valence-corrected chi connectivity index (χ1v) is 9.08. The van der Waals surface area contributed by atoms with E-state index < -0.39 is 0 Å². The van der Waals surface area contributed by atoms with Gasteiger partial charge >= 0.3 is 0 Å². The number of hydrogen-bond donors (Lipinski definition) is 1. The Hall–Kier alpha value is -1.62. The average Bonchev–Trinajstić information content (AvgIpc) is 3.05. The maximum atomic E-state index is 10.2. The van der Waals surface area contributed by atoms with Gasteiger partial charge in [0.25, 0.3) is 0 Å². The van der Waals surface area contributed by atoms with Gasteiger partial charge in [-0.3, -0.25) is 4.90 Å². The molecular weight excluding hydrogens is 314 g/mol. The average molecular weight is 343 g/mol. The molecular formula is C21H29NO3. The second kappa shape index (κ2) is 8.17. The van der Waals surface area contributed by atoms with Crippen LogP contribution in [0.5, 0.6) is 0 Å². The fourth-order valence-electron chi connectivity index (χ4n) is 3.93. The van der Waals surface area contributed by atoms with Crippen LogP contribution in [0.3, 0.4) is 0 Å². The Bertz CT molecular complexity index is 681. The third-order valence-corrected chi connectivity index (χ3v) is 5.29. The molecule has 3 rings (SSSR count). The van der Waals surface area contributed by atoms with Gasteiger partial charge in [0, 0.05) is 19.1 Å². The molecule has 0 aliphatic carbocycles. The van der Waals surface area contributed by atoms with Crippen LogP contribution in [0, 0.1) is 12.3 Å². The summed E-state index contributed by atoms with van der Waals surface area (Å²) in [6.45, 7) is 5.63. The highest BCUT2D eigenvalue weighted by Crippen LogP contribution is 2.34. The molecule has 4 heteroatoms. The van der Waals surface area contributed by atoms with Gasteiger partial charge in [0.15, 0.2) is 0 Å². The molecule has 0 unspecified atom stereocenters. The standard InChI is InChI=1S/C21H29NO3/c1-17-6-3-4-7-18(17)12-21(16-23)10-5-11-22(15-21)13-19-8-9-20(25-19)14-24-2/h3-4,6-9,23H,5,10-16H2,1-2H3/t21-/m0/s1. The van der Waals surface area contributed by atoms with Crippen molar-refractivity contribution < 1.29 is 14.3 Å². The number of likely N-dealkylation sites (tertiary alicyclic amines) is 1. The maximum absolute atomic E-state index is 10.2. The zero-order valence-electron chi connectivity index (χ0n) is 15.3. The van der Waals surface area contributed by atoms with Crippen LogP contribution in [0.2, 0.25) is 0 Å². The van der Waals surface area contributed by atoms with Gasteiger partial charge in [-0.05, 0) is 56.0 Å². The topological polar surface area (TPSA) is 45.8 Å². The number of benzene rings is 1. The fourth-order valence-corrected chi connectivity index (χ4v) is 3.93. The van der Waals surface area contributed by atoms with E-state index in [4.69, 9.17) is 9.15 Å². The van der Waals surface area contributed by atoms with Crippen LogP contribution < -0.4 is 0 Å².